The summed E-state index contributed by atoms with van der Waals surface area (Å²) in [5, 5.41) is 0. The predicted octanol–water partition coefficient (Wildman–Crippen LogP) is 1.72. The quantitative estimate of drug-likeness (QED) is 0.757. The Morgan fingerprint density at radius 1 is 1.13 bits per heavy atom. The number of rotatable bonds is 5. The van der Waals surface area contributed by atoms with Gasteiger partial charge in [0.25, 0.3) is 0 Å². The van der Waals surface area contributed by atoms with Crippen LogP contribution >= 0.6 is 0 Å². The monoisotopic (exact) mass is 214 g/mol. The van der Waals surface area contributed by atoms with Crippen molar-refractivity contribution in [2.24, 2.45) is 23.5 Å². The number of amides is 1. The Kier molecular flexibility index (Phi) is 5.88. The van der Waals surface area contributed by atoms with Crippen LogP contribution in [0.15, 0.2) is 0 Å². The van der Waals surface area contributed by atoms with Gasteiger partial charge in [-0.1, -0.05) is 27.7 Å². The van der Waals surface area contributed by atoms with Crippen molar-refractivity contribution < 1.29 is 4.79 Å². The summed E-state index contributed by atoms with van der Waals surface area (Å²) in [6.45, 7) is 10.9. The van der Waals surface area contributed by atoms with E-state index in [2.05, 4.69) is 20.8 Å². The van der Waals surface area contributed by atoms with Crippen molar-refractivity contribution in [1.82, 2.24) is 4.90 Å². The molecule has 3 heteroatoms. The molecule has 1 amide bonds. The molecule has 3 nitrogen and oxygen atoms in total. The van der Waals surface area contributed by atoms with Gasteiger partial charge in [-0.05, 0) is 18.8 Å². The first kappa shape index (κ1) is 14.4. The molecule has 2 N–H and O–H groups in total. The van der Waals surface area contributed by atoms with E-state index in [-0.39, 0.29) is 17.9 Å². The molecule has 0 spiro atoms. The molecule has 90 valence electrons. The Morgan fingerprint density at radius 2 is 1.60 bits per heavy atom. The van der Waals surface area contributed by atoms with E-state index in [9.17, 15) is 4.79 Å². The molecular weight excluding hydrogens is 188 g/mol. The third-order valence-corrected chi connectivity index (χ3v) is 3.30. The largest absolute Gasteiger partial charge is 0.343 e. The third-order valence-electron chi connectivity index (χ3n) is 3.30. The summed E-state index contributed by atoms with van der Waals surface area (Å²) in [4.78, 5) is 13.9. The van der Waals surface area contributed by atoms with Crippen LogP contribution in [0.5, 0.6) is 0 Å². The number of carbonyl (C=O) groups excluding carboxylic acids is 1. The molecule has 0 saturated carbocycles. The van der Waals surface area contributed by atoms with E-state index < -0.39 is 0 Å². The van der Waals surface area contributed by atoms with Crippen molar-refractivity contribution >= 4 is 5.91 Å². The summed E-state index contributed by atoms with van der Waals surface area (Å²) in [6, 6.07) is 0.269. The molecular formula is C12H26N2O. The fraction of sp³-hybridized carbons (Fsp3) is 0.917. The highest BCUT2D eigenvalue weighted by Crippen LogP contribution is 2.16. The van der Waals surface area contributed by atoms with Gasteiger partial charge in [0.2, 0.25) is 5.91 Å². The lowest BCUT2D eigenvalue weighted by Crippen LogP contribution is -2.45. The molecule has 2 atom stereocenters. The topological polar surface area (TPSA) is 46.3 Å². The summed E-state index contributed by atoms with van der Waals surface area (Å²) in [5.41, 5.74) is 5.64. The average molecular weight is 214 g/mol. The van der Waals surface area contributed by atoms with E-state index in [1.807, 2.05) is 25.8 Å². The van der Waals surface area contributed by atoms with Crippen molar-refractivity contribution in [3.63, 3.8) is 0 Å². The Bertz CT molecular complexity index is 202. The van der Waals surface area contributed by atoms with Crippen LogP contribution in [0.1, 0.15) is 34.6 Å². The first-order valence-corrected chi connectivity index (χ1v) is 5.79. The van der Waals surface area contributed by atoms with Gasteiger partial charge < -0.3 is 10.6 Å². The van der Waals surface area contributed by atoms with Crippen molar-refractivity contribution in [2.75, 3.05) is 13.6 Å². The number of hydrogen-bond donors (Lipinski definition) is 1. The lowest BCUT2D eigenvalue weighted by Gasteiger charge is -2.32. The minimum atomic E-state index is -0.0452. The molecule has 0 aromatic heterocycles. The van der Waals surface area contributed by atoms with Crippen LogP contribution in [0.3, 0.4) is 0 Å². The molecule has 0 heterocycles. The van der Waals surface area contributed by atoms with Gasteiger partial charge in [0, 0.05) is 19.6 Å². The zero-order valence-corrected chi connectivity index (χ0v) is 10.9. The maximum Gasteiger partial charge on any atom is 0.227 e. The first-order valence-electron chi connectivity index (χ1n) is 5.79. The normalized spacial score (nSPS) is 15.5. The molecule has 0 aromatic rings. The van der Waals surface area contributed by atoms with E-state index in [1.165, 1.54) is 0 Å². The van der Waals surface area contributed by atoms with Crippen LogP contribution in [0.4, 0.5) is 0 Å². The standard InChI is InChI=1S/C12H26N2O/c1-8(2)10(5)14(6)12(15)11(7-13)9(3)4/h8-11H,7,13H2,1-6H3. The maximum atomic E-state index is 12.1. The second-order valence-corrected chi connectivity index (χ2v) is 5.02. The molecule has 0 bridgehead atoms. The molecule has 0 aliphatic carbocycles. The fourth-order valence-corrected chi connectivity index (χ4v) is 1.57. The van der Waals surface area contributed by atoms with Crippen molar-refractivity contribution in [1.29, 1.82) is 0 Å². The van der Waals surface area contributed by atoms with E-state index in [1.54, 1.807) is 0 Å². The molecule has 0 aliphatic rings. The van der Waals surface area contributed by atoms with Gasteiger partial charge in [0.1, 0.15) is 0 Å². The summed E-state index contributed by atoms with van der Waals surface area (Å²) >= 11 is 0. The fourth-order valence-electron chi connectivity index (χ4n) is 1.57. The minimum absolute atomic E-state index is 0.0452. The van der Waals surface area contributed by atoms with E-state index in [0.29, 0.717) is 18.4 Å². The van der Waals surface area contributed by atoms with Crippen LogP contribution in [0.2, 0.25) is 0 Å². The number of nitrogens with zero attached hydrogens (tertiary/aromatic N) is 1. The summed E-state index contributed by atoms with van der Waals surface area (Å²) < 4.78 is 0. The van der Waals surface area contributed by atoms with Gasteiger partial charge in [-0.15, -0.1) is 0 Å². The number of carbonyl (C=O) groups is 1. The van der Waals surface area contributed by atoms with Gasteiger partial charge in [-0.25, -0.2) is 0 Å². The number of nitrogens with two attached hydrogens (primary N) is 1. The molecule has 0 aromatic carbocycles. The first-order chi connectivity index (χ1) is 6.82. The minimum Gasteiger partial charge on any atom is -0.343 e. The summed E-state index contributed by atoms with van der Waals surface area (Å²) in [5.74, 6) is 0.916. The second kappa shape index (κ2) is 6.11. The summed E-state index contributed by atoms with van der Waals surface area (Å²) in [7, 11) is 1.87. The van der Waals surface area contributed by atoms with Crippen LogP contribution in [-0.4, -0.2) is 30.4 Å². The molecule has 0 aliphatic heterocycles. The van der Waals surface area contributed by atoms with Crippen molar-refractivity contribution in [3.05, 3.63) is 0 Å². The molecule has 0 rings (SSSR count). The Morgan fingerprint density at radius 3 is 1.87 bits per heavy atom. The van der Waals surface area contributed by atoms with Crippen LogP contribution < -0.4 is 5.73 Å². The number of hydrogen-bond acceptors (Lipinski definition) is 2. The lowest BCUT2D eigenvalue weighted by molar-refractivity contribution is -0.137. The molecule has 0 saturated heterocycles. The smallest absolute Gasteiger partial charge is 0.227 e. The Hall–Kier alpha value is -0.570. The highest BCUT2D eigenvalue weighted by molar-refractivity contribution is 5.79. The van der Waals surface area contributed by atoms with Crippen molar-refractivity contribution in [2.45, 2.75) is 40.7 Å². The van der Waals surface area contributed by atoms with Crippen LogP contribution in [0.25, 0.3) is 0 Å². The Balaban J connectivity index is 4.54. The zero-order valence-electron chi connectivity index (χ0n) is 10.9. The van der Waals surface area contributed by atoms with E-state index >= 15 is 0 Å². The van der Waals surface area contributed by atoms with Gasteiger partial charge >= 0.3 is 0 Å². The lowest BCUT2D eigenvalue weighted by atomic mass is 9.93. The molecule has 2 unspecified atom stereocenters. The Labute approximate surface area is 94.0 Å². The van der Waals surface area contributed by atoms with Gasteiger partial charge in [0.05, 0.1) is 5.92 Å². The van der Waals surface area contributed by atoms with Crippen LogP contribution in [-0.2, 0) is 4.79 Å². The highest BCUT2D eigenvalue weighted by atomic mass is 16.2. The van der Waals surface area contributed by atoms with E-state index in [4.69, 9.17) is 5.73 Å². The van der Waals surface area contributed by atoms with Crippen LogP contribution in [0, 0.1) is 17.8 Å². The maximum absolute atomic E-state index is 12.1. The molecule has 0 fully saturated rings. The molecule has 15 heavy (non-hydrogen) atoms. The summed E-state index contributed by atoms with van der Waals surface area (Å²) in [6.07, 6.45) is 0. The predicted molar refractivity (Wildman–Crippen MR) is 64.5 cm³/mol. The molecule has 0 radical (unpaired) electrons. The average Bonchev–Trinajstić information content (AvgIpc) is 2.15. The van der Waals surface area contributed by atoms with Gasteiger partial charge in [0.15, 0.2) is 0 Å². The van der Waals surface area contributed by atoms with Gasteiger partial charge in [-0.2, -0.15) is 0 Å². The van der Waals surface area contributed by atoms with Crippen molar-refractivity contribution in [3.8, 4) is 0 Å². The highest BCUT2D eigenvalue weighted by Gasteiger charge is 2.27. The second-order valence-electron chi connectivity index (χ2n) is 5.02. The van der Waals surface area contributed by atoms with E-state index in [0.717, 1.165) is 0 Å². The zero-order chi connectivity index (χ0) is 12.2. The third kappa shape index (κ3) is 3.82. The SMILES string of the molecule is CC(C)C(CN)C(=O)N(C)C(C)C(C)C. The van der Waals surface area contributed by atoms with Gasteiger partial charge in [-0.3, -0.25) is 4.79 Å².